The van der Waals surface area contributed by atoms with Crippen LogP contribution in [-0.4, -0.2) is 28.4 Å². The number of carbonyl (C=O) groups excluding carboxylic acids is 1. The van der Waals surface area contributed by atoms with Crippen molar-refractivity contribution in [2.75, 3.05) is 12.3 Å². The second-order valence-corrected chi connectivity index (χ2v) is 6.19. The number of benzene rings is 1. The minimum absolute atomic E-state index is 0.134. The molecule has 0 aliphatic rings. The number of carbonyl (C=O) groups is 1. The molecule has 21 heavy (non-hydrogen) atoms. The van der Waals surface area contributed by atoms with Crippen molar-refractivity contribution in [3.63, 3.8) is 0 Å². The van der Waals surface area contributed by atoms with E-state index < -0.39 is 0 Å². The molecule has 1 aromatic carbocycles. The van der Waals surface area contributed by atoms with Crippen molar-refractivity contribution in [1.29, 1.82) is 0 Å². The van der Waals surface area contributed by atoms with Gasteiger partial charge in [0.2, 0.25) is 0 Å². The molecule has 1 amide bonds. The maximum Gasteiger partial charge on any atom is 0.271 e. The van der Waals surface area contributed by atoms with Crippen LogP contribution >= 0.6 is 23.4 Å². The first-order chi connectivity index (χ1) is 10.2. The molecule has 2 rings (SSSR count). The molecule has 0 fully saturated rings. The molecule has 0 saturated heterocycles. The van der Waals surface area contributed by atoms with Crippen molar-refractivity contribution in [1.82, 2.24) is 15.5 Å². The van der Waals surface area contributed by atoms with Crippen molar-refractivity contribution in [2.24, 2.45) is 0 Å². The summed E-state index contributed by atoms with van der Waals surface area (Å²) in [5, 5.41) is 10.5. The van der Waals surface area contributed by atoms with Crippen LogP contribution in [-0.2, 0) is 6.42 Å². The Balaban J connectivity index is 1.72. The highest BCUT2D eigenvalue weighted by atomic mass is 35.5. The fourth-order valence-electron chi connectivity index (χ4n) is 1.83. The maximum absolute atomic E-state index is 11.9. The topological polar surface area (TPSA) is 57.8 Å². The number of hydrogen-bond donors (Lipinski definition) is 2. The molecule has 0 spiro atoms. The van der Waals surface area contributed by atoms with Crippen LogP contribution in [0.2, 0.25) is 5.02 Å². The third-order valence-corrected chi connectivity index (χ3v) is 4.12. The molecule has 2 aromatic rings. The highest BCUT2D eigenvalue weighted by Gasteiger charge is 2.09. The predicted molar refractivity (Wildman–Crippen MR) is 87.1 cm³/mol. The Hall–Kier alpha value is -1.46. The van der Waals surface area contributed by atoms with Gasteiger partial charge in [-0.05, 0) is 36.8 Å². The first-order valence-corrected chi connectivity index (χ1v) is 8.26. The Morgan fingerprint density at radius 1 is 1.38 bits per heavy atom. The maximum atomic E-state index is 11.9. The van der Waals surface area contributed by atoms with E-state index in [0.29, 0.717) is 12.2 Å². The van der Waals surface area contributed by atoms with Crippen LogP contribution in [0.1, 0.15) is 29.5 Å². The largest absolute Gasteiger partial charge is 0.350 e. The zero-order valence-electron chi connectivity index (χ0n) is 11.9. The number of aryl methyl sites for hydroxylation is 1. The molecular formula is C15H18ClN3OS. The highest BCUT2D eigenvalue weighted by molar-refractivity contribution is 7.99. The Kier molecular flexibility index (Phi) is 6.14. The van der Waals surface area contributed by atoms with E-state index in [4.69, 9.17) is 11.6 Å². The summed E-state index contributed by atoms with van der Waals surface area (Å²) >= 11 is 7.51. The molecule has 6 heteroatoms. The number of rotatable bonds is 7. The van der Waals surface area contributed by atoms with Gasteiger partial charge < -0.3 is 5.32 Å². The van der Waals surface area contributed by atoms with Gasteiger partial charge in [-0.1, -0.05) is 24.9 Å². The lowest BCUT2D eigenvalue weighted by molar-refractivity contribution is 0.0951. The van der Waals surface area contributed by atoms with Crippen molar-refractivity contribution in [3.05, 3.63) is 46.7 Å². The van der Waals surface area contributed by atoms with Crippen LogP contribution in [0, 0.1) is 0 Å². The van der Waals surface area contributed by atoms with Crippen molar-refractivity contribution >= 4 is 29.3 Å². The Morgan fingerprint density at radius 2 is 2.14 bits per heavy atom. The number of hydrogen-bond acceptors (Lipinski definition) is 3. The lowest BCUT2D eigenvalue weighted by atomic mass is 10.2. The van der Waals surface area contributed by atoms with Crippen LogP contribution < -0.4 is 5.32 Å². The summed E-state index contributed by atoms with van der Waals surface area (Å²) < 4.78 is 0. The average Bonchev–Trinajstić information content (AvgIpc) is 2.94. The van der Waals surface area contributed by atoms with Gasteiger partial charge in [0, 0.05) is 27.9 Å². The molecule has 0 atom stereocenters. The third-order valence-electron chi connectivity index (χ3n) is 2.85. The Morgan fingerprint density at radius 3 is 2.86 bits per heavy atom. The minimum atomic E-state index is -0.134. The number of H-pyrrole nitrogens is 1. The second kappa shape index (κ2) is 8.10. The van der Waals surface area contributed by atoms with E-state index in [9.17, 15) is 4.79 Å². The number of aromatic nitrogens is 2. The number of aromatic amines is 1. The molecule has 0 aliphatic heterocycles. The summed E-state index contributed by atoms with van der Waals surface area (Å²) in [6.45, 7) is 2.69. The lowest BCUT2D eigenvalue weighted by Crippen LogP contribution is -2.26. The molecule has 0 saturated carbocycles. The molecule has 0 unspecified atom stereocenters. The summed E-state index contributed by atoms with van der Waals surface area (Å²) in [4.78, 5) is 13.0. The molecule has 0 radical (unpaired) electrons. The summed E-state index contributed by atoms with van der Waals surface area (Å²) in [7, 11) is 0. The fraction of sp³-hybridized carbons (Fsp3) is 0.333. The van der Waals surface area contributed by atoms with Gasteiger partial charge in [-0.3, -0.25) is 9.89 Å². The van der Waals surface area contributed by atoms with Crippen molar-refractivity contribution < 1.29 is 4.79 Å². The van der Waals surface area contributed by atoms with E-state index in [1.54, 1.807) is 11.8 Å². The minimum Gasteiger partial charge on any atom is -0.350 e. The van der Waals surface area contributed by atoms with Crippen LogP contribution in [0.15, 0.2) is 35.2 Å². The summed E-state index contributed by atoms with van der Waals surface area (Å²) in [6.07, 6.45) is 1.94. The Bertz CT molecular complexity index is 583. The standard InChI is InChI=1S/C15H18ClN3OS/c1-2-3-12-10-14(19-18-12)15(20)17-8-9-21-13-6-4-11(16)5-7-13/h4-7,10H,2-3,8-9H2,1H3,(H,17,20)(H,18,19). The summed E-state index contributed by atoms with van der Waals surface area (Å²) in [6, 6.07) is 9.48. The summed E-state index contributed by atoms with van der Waals surface area (Å²) in [5.74, 6) is 0.671. The number of halogens is 1. The van der Waals surface area contributed by atoms with E-state index in [1.807, 2.05) is 30.3 Å². The monoisotopic (exact) mass is 323 g/mol. The quantitative estimate of drug-likeness (QED) is 0.605. The van der Waals surface area contributed by atoms with E-state index in [0.717, 1.165) is 34.2 Å². The molecule has 1 aromatic heterocycles. The third kappa shape index (κ3) is 5.10. The van der Waals surface area contributed by atoms with E-state index >= 15 is 0 Å². The zero-order valence-corrected chi connectivity index (χ0v) is 13.4. The number of amides is 1. The molecule has 112 valence electrons. The van der Waals surface area contributed by atoms with Gasteiger partial charge in [-0.15, -0.1) is 11.8 Å². The average molecular weight is 324 g/mol. The number of thioether (sulfide) groups is 1. The van der Waals surface area contributed by atoms with Crippen LogP contribution in [0.3, 0.4) is 0 Å². The van der Waals surface area contributed by atoms with E-state index in [2.05, 4.69) is 22.4 Å². The normalized spacial score (nSPS) is 10.6. The van der Waals surface area contributed by atoms with Gasteiger partial charge in [-0.25, -0.2) is 0 Å². The second-order valence-electron chi connectivity index (χ2n) is 4.59. The van der Waals surface area contributed by atoms with Gasteiger partial charge in [0.25, 0.3) is 5.91 Å². The van der Waals surface area contributed by atoms with Crippen LogP contribution in [0.5, 0.6) is 0 Å². The number of nitrogens with zero attached hydrogens (tertiary/aromatic N) is 1. The zero-order chi connectivity index (χ0) is 15.1. The first kappa shape index (κ1) is 15.9. The lowest BCUT2D eigenvalue weighted by Gasteiger charge is -2.03. The van der Waals surface area contributed by atoms with Gasteiger partial charge in [0.1, 0.15) is 5.69 Å². The molecule has 0 aliphatic carbocycles. The predicted octanol–water partition coefficient (Wildman–Crippen LogP) is 3.54. The molecule has 1 heterocycles. The van der Waals surface area contributed by atoms with Crippen molar-refractivity contribution in [2.45, 2.75) is 24.7 Å². The van der Waals surface area contributed by atoms with Crippen LogP contribution in [0.4, 0.5) is 0 Å². The van der Waals surface area contributed by atoms with Crippen molar-refractivity contribution in [3.8, 4) is 0 Å². The first-order valence-electron chi connectivity index (χ1n) is 6.90. The smallest absolute Gasteiger partial charge is 0.271 e. The molecule has 0 bridgehead atoms. The van der Waals surface area contributed by atoms with Gasteiger partial charge in [-0.2, -0.15) is 5.10 Å². The fourth-order valence-corrected chi connectivity index (χ4v) is 2.72. The van der Waals surface area contributed by atoms with E-state index in [-0.39, 0.29) is 5.91 Å². The van der Waals surface area contributed by atoms with E-state index in [1.165, 1.54) is 0 Å². The molecule has 2 N–H and O–H groups in total. The summed E-state index contributed by atoms with van der Waals surface area (Å²) in [5.41, 5.74) is 1.45. The van der Waals surface area contributed by atoms with Crippen LogP contribution in [0.25, 0.3) is 0 Å². The highest BCUT2D eigenvalue weighted by Crippen LogP contribution is 2.19. The van der Waals surface area contributed by atoms with Gasteiger partial charge in [0.05, 0.1) is 0 Å². The SMILES string of the molecule is CCCc1cc(C(=O)NCCSc2ccc(Cl)cc2)n[nH]1. The number of nitrogens with one attached hydrogen (secondary N) is 2. The molecule has 4 nitrogen and oxygen atoms in total. The Labute approximate surface area is 133 Å². The van der Waals surface area contributed by atoms with Gasteiger partial charge in [0.15, 0.2) is 0 Å². The molecular weight excluding hydrogens is 306 g/mol. The van der Waals surface area contributed by atoms with Gasteiger partial charge >= 0.3 is 0 Å².